The van der Waals surface area contributed by atoms with Gasteiger partial charge in [-0.25, -0.2) is 0 Å². The average Bonchev–Trinajstić information content (AvgIpc) is 3.25. The number of ether oxygens (including phenoxy) is 1. The van der Waals surface area contributed by atoms with Gasteiger partial charge in [-0.3, -0.25) is 0 Å². The summed E-state index contributed by atoms with van der Waals surface area (Å²) in [6, 6.07) is 6.56. The van der Waals surface area contributed by atoms with Crippen LogP contribution in [0.1, 0.15) is 30.3 Å². The van der Waals surface area contributed by atoms with Crippen LogP contribution in [0, 0.1) is 0 Å². The summed E-state index contributed by atoms with van der Waals surface area (Å²) in [5, 5.41) is 9.42. The first kappa shape index (κ1) is 14.9. The van der Waals surface area contributed by atoms with Crippen molar-refractivity contribution in [2.75, 3.05) is 7.11 Å². The third-order valence-corrected chi connectivity index (χ3v) is 4.91. The third kappa shape index (κ3) is 3.25. The van der Waals surface area contributed by atoms with Gasteiger partial charge in [-0.1, -0.05) is 27.7 Å². The summed E-state index contributed by atoms with van der Waals surface area (Å²) in [5.74, 6) is 2.56. The van der Waals surface area contributed by atoms with E-state index in [1.165, 1.54) is 12.8 Å². The van der Waals surface area contributed by atoms with E-state index in [-0.39, 0.29) is 0 Å². The number of rotatable bonds is 6. The normalized spacial score (nSPS) is 14.4. The number of nitrogens with two attached hydrogens (primary N) is 1. The second kappa shape index (κ2) is 6.37. The second-order valence-electron chi connectivity index (χ2n) is 4.95. The van der Waals surface area contributed by atoms with Crippen molar-refractivity contribution in [1.29, 1.82) is 0 Å². The topological polar surface area (TPSA) is 66.0 Å². The predicted molar refractivity (Wildman–Crippen MR) is 86.4 cm³/mol. The molecule has 2 N–H and O–H groups in total. The van der Waals surface area contributed by atoms with E-state index < -0.39 is 0 Å². The Balaban J connectivity index is 1.79. The van der Waals surface area contributed by atoms with Gasteiger partial charge in [-0.15, -0.1) is 10.2 Å². The van der Waals surface area contributed by atoms with Crippen molar-refractivity contribution in [3.05, 3.63) is 34.1 Å². The molecule has 0 radical (unpaired) electrons. The molecule has 7 heteroatoms. The van der Waals surface area contributed by atoms with E-state index in [4.69, 9.17) is 10.5 Å². The van der Waals surface area contributed by atoms with Crippen LogP contribution in [-0.2, 0) is 12.3 Å². The highest BCUT2D eigenvalue weighted by Crippen LogP contribution is 2.39. The van der Waals surface area contributed by atoms with Crippen LogP contribution in [0.15, 0.2) is 27.8 Å². The maximum atomic E-state index is 5.74. The minimum atomic E-state index is 0.435. The first-order valence-electron chi connectivity index (χ1n) is 6.82. The number of nitrogens with zero attached hydrogens (tertiary/aromatic N) is 3. The number of aromatic nitrogens is 3. The maximum Gasteiger partial charge on any atom is 0.191 e. The van der Waals surface area contributed by atoms with Gasteiger partial charge in [0.25, 0.3) is 0 Å². The average molecular weight is 369 g/mol. The standard InChI is InChI=1S/C14H17BrN4OS/c1-20-12-5-2-10(15)6-9(12)8-21-14-18-17-13(7-16)19(14)11-3-4-11/h2,5-6,11H,3-4,7-8,16H2,1H3. The summed E-state index contributed by atoms with van der Waals surface area (Å²) in [4.78, 5) is 0. The van der Waals surface area contributed by atoms with E-state index in [0.29, 0.717) is 12.6 Å². The van der Waals surface area contributed by atoms with E-state index in [0.717, 1.165) is 32.5 Å². The second-order valence-corrected chi connectivity index (χ2v) is 6.81. The van der Waals surface area contributed by atoms with Crippen LogP contribution in [0.3, 0.4) is 0 Å². The van der Waals surface area contributed by atoms with Gasteiger partial charge in [0.15, 0.2) is 5.16 Å². The Morgan fingerprint density at radius 3 is 2.90 bits per heavy atom. The Kier molecular flexibility index (Phi) is 4.51. The molecule has 0 spiro atoms. The minimum absolute atomic E-state index is 0.435. The Bertz CT molecular complexity index is 642. The smallest absolute Gasteiger partial charge is 0.191 e. The van der Waals surface area contributed by atoms with Crippen molar-refractivity contribution >= 4 is 27.7 Å². The highest BCUT2D eigenvalue weighted by Gasteiger charge is 2.29. The van der Waals surface area contributed by atoms with E-state index in [1.807, 2.05) is 12.1 Å². The summed E-state index contributed by atoms with van der Waals surface area (Å²) in [6.07, 6.45) is 2.39. The van der Waals surface area contributed by atoms with Crippen LogP contribution in [0.4, 0.5) is 0 Å². The first-order valence-corrected chi connectivity index (χ1v) is 8.60. The molecule has 1 aromatic heterocycles. The zero-order valence-electron chi connectivity index (χ0n) is 11.8. The monoisotopic (exact) mass is 368 g/mol. The number of hydrogen-bond donors (Lipinski definition) is 1. The van der Waals surface area contributed by atoms with Crippen LogP contribution in [0.5, 0.6) is 5.75 Å². The highest BCUT2D eigenvalue weighted by molar-refractivity contribution is 9.10. The molecule has 0 aliphatic heterocycles. The molecule has 3 rings (SSSR count). The third-order valence-electron chi connectivity index (χ3n) is 3.43. The number of thioether (sulfide) groups is 1. The fourth-order valence-electron chi connectivity index (χ4n) is 2.25. The van der Waals surface area contributed by atoms with E-state index in [2.05, 4.69) is 36.8 Å². The molecule has 1 fully saturated rings. The molecule has 112 valence electrons. The maximum absolute atomic E-state index is 5.74. The van der Waals surface area contributed by atoms with E-state index in [1.54, 1.807) is 18.9 Å². The molecular weight excluding hydrogens is 352 g/mol. The summed E-state index contributed by atoms with van der Waals surface area (Å²) < 4.78 is 8.64. The van der Waals surface area contributed by atoms with Crippen molar-refractivity contribution < 1.29 is 4.74 Å². The van der Waals surface area contributed by atoms with Gasteiger partial charge in [0.2, 0.25) is 0 Å². The zero-order valence-corrected chi connectivity index (χ0v) is 14.2. The summed E-state index contributed by atoms with van der Waals surface area (Å²) in [6.45, 7) is 0.435. The molecule has 0 saturated heterocycles. The molecule has 1 aliphatic rings. The molecule has 0 atom stereocenters. The van der Waals surface area contributed by atoms with Crippen LogP contribution >= 0.6 is 27.7 Å². The lowest BCUT2D eigenvalue weighted by molar-refractivity contribution is 0.411. The van der Waals surface area contributed by atoms with Gasteiger partial charge in [0, 0.05) is 21.8 Å². The van der Waals surface area contributed by atoms with Crippen LogP contribution < -0.4 is 10.5 Å². The van der Waals surface area contributed by atoms with Gasteiger partial charge >= 0.3 is 0 Å². The first-order chi connectivity index (χ1) is 10.2. The molecule has 0 unspecified atom stereocenters. The molecule has 1 aromatic carbocycles. The molecule has 5 nitrogen and oxygen atoms in total. The quantitative estimate of drug-likeness (QED) is 0.793. The van der Waals surface area contributed by atoms with Crippen molar-refractivity contribution in [3.63, 3.8) is 0 Å². The Morgan fingerprint density at radius 1 is 1.43 bits per heavy atom. The molecule has 2 aromatic rings. The van der Waals surface area contributed by atoms with Gasteiger partial charge in [-0.2, -0.15) is 0 Å². The van der Waals surface area contributed by atoms with E-state index >= 15 is 0 Å². The molecule has 1 aliphatic carbocycles. The largest absolute Gasteiger partial charge is 0.496 e. The summed E-state index contributed by atoms with van der Waals surface area (Å²) in [5.41, 5.74) is 6.88. The molecule has 0 bridgehead atoms. The molecule has 21 heavy (non-hydrogen) atoms. The zero-order chi connectivity index (χ0) is 14.8. The van der Waals surface area contributed by atoms with Crippen LogP contribution in [0.25, 0.3) is 0 Å². The van der Waals surface area contributed by atoms with E-state index in [9.17, 15) is 0 Å². The van der Waals surface area contributed by atoms with Crippen LogP contribution in [0.2, 0.25) is 0 Å². The predicted octanol–water partition coefficient (Wildman–Crippen LogP) is 3.14. The Morgan fingerprint density at radius 2 is 2.24 bits per heavy atom. The van der Waals surface area contributed by atoms with Crippen molar-refractivity contribution in [2.45, 2.75) is 36.3 Å². The molecule has 0 amide bonds. The number of hydrogen-bond acceptors (Lipinski definition) is 5. The van der Waals surface area contributed by atoms with Gasteiger partial charge in [0.05, 0.1) is 13.7 Å². The summed E-state index contributed by atoms with van der Waals surface area (Å²) in [7, 11) is 1.69. The molecule has 1 saturated carbocycles. The molecular formula is C14H17BrN4OS. The lowest BCUT2D eigenvalue weighted by atomic mass is 10.2. The van der Waals surface area contributed by atoms with Crippen molar-refractivity contribution in [1.82, 2.24) is 14.8 Å². The lowest BCUT2D eigenvalue weighted by Gasteiger charge is -2.10. The summed E-state index contributed by atoms with van der Waals surface area (Å²) >= 11 is 5.18. The van der Waals surface area contributed by atoms with Crippen molar-refractivity contribution in [2.24, 2.45) is 5.73 Å². The minimum Gasteiger partial charge on any atom is -0.496 e. The fourth-order valence-corrected chi connectivity index (χ4v) is 3.66. The fraction of sp³-hybridized carbons (Fsp3) is 0.429. The van der Waals surface area contributed by atoms with Gasteiger partial charge in [-0.05, 0) is 31.0 Å². The Hall–Kier alpha value is -1.05. The number of benzene rings is 1. The number of methoxy groups -OCH3 is 1. The van der Waals surface area contributed by atoms with Crippen molar-refractivity contribution in [3.8, 4) is 5.75 Å². The van der Waals surface area contributed by atoms with Gasteiger partial charge in [0.1, 0.15) is 11.6 Å². The number of halogens is 1. The van der Waals surface area contributed by atoms with Gasteiger partial charge < -0.3 is 15.0 Å². The Labute approximate surface area is 136 Å². The lowest BCUT2D eigenvalue weighted by Crippen LogP contribution is -2.08. The van der Waals surface area contributed by atoms with Crippen LogP contribution in [-0.4, -0.2) is 21.9 Å². The SMILES string of the molecule is COc1ccc(Br)cc1CSc1nnc(CN)n1C1CC1. The highest BCUT2D eigenvalue weighted by atomic mass is 79.9. The molecule has 1 heterocycles.